The second kappa shape index (κ2) is 10.7. The predicted molar refractivity (Wildman–Crippen MR) is 58.9 cm³/mol. The maximum atomic E-state index is 12.1. The summed E-state index contributed by atoms with van der Waals surface area (Å²) < 4.78 is 34.2. The van der Waals surface area contributed by atoms with Crippen molar-refractivity contribution < 1.29 is 18.3 Å². The molecule has 6 heteroatoms. The van der Waals surface area contributed by atoms with E-state index in [-0.39, 0.29) is 6.54 Å². The summed E-state index contributed by atoms with van der Waals surface area (Å²) >= 11 is 3.23. The minimum atomic E-state index is -2.29. The van der Waals surface area contributed by atoms with E-state index in [0.29, 0.717) is 38.2 Å². The SMILES string of the molecule is COCCOCCN(CCBr)CC(F)F. The monoisotopic (exact) mass is 289 g/mol. The molecule has 0 aliphatic heterocycles. The molecular formula is C9H18BrF2NO2. The van der Waals surface area contributed by atoms with E-state index in [1.807, 2.05) is 0 Å². The molecule has 0 heterocycles. The lowest BCUT2D eigenvalue weighted by molar-refractivity contribution is 0.0416. The summed E-state index contributed by atoms with van der Waals surface area (Å²) in [5, 5.41) is 0.692. The summed E-state index contributed by atoms with van der Waals surface area (Å²) in [4.78, 5) is 1.67. The molecule has 0 fully saturated rings. The lowest BCUT2D eigenvalue weighted by Crippen LogP contribution is -2.33. The lowest BCUT2D eigenvalue weighted by atomic mass is 10.4. The van der Waals surface area contributed by atoms with Gasteiger partial charge in [0, 0.05) is 25.5 Å². The quantitative estimate of drug-likeness (QED) is 0.451. The predicted octanol–water partition coefficient (Wildman–Crippen LogP) is 1.61. The van der Waals surface area contributed by atoms with Crippen molar-refractivity contribution in [2.45, 2.75) is 6.43 Å². The highest BCUT2D eigenvalue weighted by Crippen LogP contribution is 1.99. The van der Waals surface area contributed by atoms with Crippen LogP contribution in [0.25, 0.3) is 0 Å². The zero-order valence-corrected chi connectivity index (χ0v) is 10.5. The number of hydrogen-bond donors (Lipinski definition) is 0. The molecule has 0 saturated heterocycles. The molecule has 15 heavy (non-hydrogen) atoms. The summed E-state index contributed by atoms with van der Waals surface area (Å²) in [5.74, 6) is 0. The first-order valence-electron chi connectivity index (χ1n) is 4.83. The Balaban J connectivity index is 3.47. The molecule has 0 aliphatic carbocycles. The summed E-state index contributed by atoms with van der Waals surface area (Å²) in [7, 11) is 1.59. The average Bonchev–Trinajstić information content (AvgIpc) is 2.17. The maximum Gasteiger partial charge on any atom is 0.251 e. The van der Waals surface area contributed by atoms with E-state index in [9.17, 15) is 8.78 Å². The van der Waals surface area contributed by atoms with Gasteiger partial charge >= 0.3 is 0 Å². The Kier molecular flexibility index (Phi) is 10.9. The van der Waals surface area contributed by atoms with Crippen LogP contribution in [-0.2, 0) is 9.47 Å². The maximum absolute atomic E-state index is 12.1. The van der Waals surface area contributed by atoms with Crippen LogP contribution in [0.1, 0.15) is 0 Å². The first-order valence-corrected chi connectivity index (χ1v) is 5.96. The molecule has 0 saturated carbocycles. The van der Waals surface area contributed by atoms with Crippen LogP contribution in [0.2, 0.25) is 0 Å². The first kappa shape index (κ1) is 15.2. The summed E-state index contributed by atoms with van der Waals surface area (Å²) in [6.07, 6.45) is -2.29. The third kappa shape index (κ3) is 10.5. The minimum absolute atomic E-state index is 0.195. The van der Waals surface area contributed by atoms with Crippen molar-refractivity contribution in [3.8, 4) is 0 Å². The van der Waals surface area contributed by atoms with Crippen molar-refractivity contribution in [3.63, 3.8) is 0 Å². The van der Waals surface area contributed by atoms with Crippen molar-refractivity contribution in [1.82, 2.24) is 4.90 Å². The van der Waals surface area contributed by atoms with Crippen molar-refractivity contribution in [2.24, 2.45) is 0 Å². The molecule has 0 unspecified atom stereocenters. The molecule has 0 aromatic heterocycles. The highest BCUT2D eigenvalue weighted by molar-refractivity contribution is 9.09. The van der Waals surface area contributed by atoms with Crippen LogP contribution in [0.3, 0.4) is 0 Å². The Morgan fingerprint density at radius 2 is 1.93 bits per heavy atom. The van der Waals surface area contributed by atoms with Crippen molar-refractivity contribution in [1.29, 1.82) is 0 Å². The fourth-order valence-corrected chi connectivity index (χ4v) is 1.55. The summed E-state index contributed by atoms with van der Waals surface area (Å²) in [6, 6.07) is 0. The molecule has 0 amide bonds. The van der Waals surface area contributed by atoms with Gasteiger partial charge in [-0.05, 0) is 0 Å². The Morgan fingerprint density at radius 1 is 1.20 bits per heavy atom. The van der Waals surface area contributed by atoms with Gasteiger partial charge in [0.2, 0.25) is 0 Å². The van der Waals surface area contributed by atoms with Crippen molar-refractivity contribution >= 4 is 15.9 Å². The number of rotatable bonds is 10. The fraction of sp³-hybridized carbons (Fsp3) is 1.00. The van der Waals surface area contributed by atoms with Crippen LogP contribution < -0.4 is 0 Å². The lowest BCUT2D eigenvalue weighted by Gasteiger charge is -2.20. The van der Waals surface area contributed by atoms with E-state index >= 15 is 0 Å². The van der Waals surface area contributed by atoms with Crippen LogP contribution in [0, 0.1) is 0 Å². The summed E-state index contributed by atoms with van der Waals surface area (Å²) in [6.45, 7) is 2.45. The van der Waals surface area contributed by atoms with Gasteiger partial charge in [-0.25, -0.2) is 8.78 Å². The highest BCUT2D eigenvalue weighted by Gasteiger charge is 2.10. The molecule has 0 atom stereocenters. The molecule has 0 spiro atoms. The molecule has 0 aliphatic rings. The first-order chi connectivity index (χ1) is 7.20. The topological polar surface area (TPSA) is 21.7 Å². The van der Waals surface area contributed by atoms with Gasteiger partial charge in [-0.3, -0.25) is 4.90 Å². The van der Waals surface area contributed by atoms with E-state index in [1.165, 1.54) is 0 Å². The molecule has 0 aromatic carbocycles. The van der Waals surface area contributed by atoms with Crippen molar-refractivity contribution in [2.75, 3.05) is 51.9 Å². The largest absolute Gasteiger partial charge is 0.382 e. The van der Waals surface area contributed by atoms with Gasteiger partial charge in [0.1, 0.15) is 0 Å². The zero-order chi connectivity index (χ0) is 11.5. The van der Waals surface area contributed by atoms with Crippen molar-refractivity contribution in [3.05, 3.63) is 0 Å². The van der Waals surface area contributed by atoms with E-state index in [4.69, 9.17) is 9.47 Å². The van der Waals surface area contributed by atoms with E-state index < -0.39 is 6.43 Å². The van der Waals surface area contributed by atoms with Crippen LogP contribution in [0.4, 0.5) is 8.78 Å². The Labute approximate surface area is 97.8 Å². The Bertz CT molecular complexity index is 141. The molecule has 0 rings (SSSR count). The molecule has 0 aromatic rings. The molecule has 3 nitrogen and oxygen atoms in total. The van der Waals surface area contributed by atoms with Gasteiger partial charge in [-0.15, -0.1) is 0 Å². The third-order valence-electron chi connectivity index (χ3n) is 1.78. The van der Waals surface area contributed by atoms with Gasteiger partial charge in [0.15, 0.2) is 0 Å². The van der Waals surface area contributed by atoms with Gasteiger partial charge < -0.3 is 9.47 Å². The van der Waals surface area contributed by atoms with Gasteiger partial charge in [-0.2, -0.15) is 0 Å². The number of ether oxygens (including phenoxy) is 2. The van der Waals surface area contributed by atoms with E-state index in [0.717, 1.165) is 0 Å². The number of hydrogen-bond acceptors (Lipinski definition) is 3. The number of alkyl halides is 3. The molecule has 0 bridgehead atoms. The number of nitrogens with zero attached hydrogens (tertiary/aromatic N) is 1. The standard InChI is InChI=1S/C9H18BrF2NO2/c1-14-6-7-15-5-4-13(3-2-10)8-9(11)12/h9H,2-8H2,1H3. The van der Waals surface area contributed by atoms with Gasteiger partial charge in [0.05, 0.1) is 26.4 Å². The summed E-state index contributed by atoms with van der Waals surface area (Å²) in [5.41, 5.74) is 0. The Morgan fingerprint density at radius 3 is 2.47 bits per heavy atom. The average molecular weight is 290 g/mol. The Hall–Kier alpha value is 0.220. The molecule has 92 valence electrons. The second-order valence-corrected chi connectivity index (χ2v) is 3.78. The fourth-order valence-electron chi connectivity index (χ4n) is 1.05. The molecular weight excluding hydrogens is 272 g/mol. The normalized spacial score (nSPS) is 11.6. The number of halogens is 3. The van der Waals surface area contributed by atoms with E-state index in [1.54, 1.807) is 12.0 Å². The number of methoxy groups -OCH3 is 1. The third-order valence-corrected chi connectivity index (χ3v) is 2.14. The van der Waals surface area contributed by atoms with Crippen LogP contribution in [-0.4, -0.2) is 63.2 Å². The van der Waals surface area contributed by atoms with Crippen LogP contribution in [0.15, 0.2) is 0 Å². The minimum Gasteiger partial charge on any atom is -0.382 e. The molecule has 0 N–H and O–H groups in total. The highest BCUT2D eigenvalue weighted by atomic mass is 79.9. The van der Waals surface area contributed by atoms with Crippen LogP contribution in [0.5, 0.6) is 0 Å². The molecule has 0 radical (unpaired) electrons. The van der Waals surface area contributed by atoms with Crippen LogP contribution >= 0.6 is 15.9 Å². The zero-order valence-electron chi connectivity index (χ0n) is 8.92. The van der Waals surface area contributed by atoms with Gasteiger partial charge in [-0.1, -0.05) is 15.9 Å². The second-order valence-electron chi connectivity index (χ2n) is 2.99. The van der Waals surface area contributed by atoms with E-state index in [2.05, 4.69) is 15.9 Å². The van der Waals surface area contributed by atoms with Gasteiger partial charge in [0.25, 0.3) is 6.43 Å². The smallest absolute Gasteiger partial charge is 0.251 e.